The van der Waals surface area contributed by atoms with Crippen molar-refractivity contribution < 1.29 is 28.6 Å². The normalized spacial score (nSPS) is 15.6. The van der Waals surface area contributed by atoms with E-state index in [0.29, 0.717) is 17.1 Å². The van der Waals surface area contributed by atoms with Crippen LogP contribution in [0.25, 0.3) is 0 Å². The highest BCUT2D eigenvalue weighted by atomic mass is 16.5. The van der Waals surface area contributed by atoms with Crippen LogP contribution in [0.3, 0.4) is 0 Å². The number of hydrogen-bond acceptors (Lipinski definition) is 6. The number of benzene rings is 2. The number of hydrogen-bond donors (Lipinski definition) is 1. The summed E-state index contributed by atoms with van der Waals surface area (Å²) in [6, 6.07) is 11.4. The molecule has 1 atom stereocenters. The zero-order valence-corrected chi connectivity index (χ0v) is 16.4. The first-order valence-corrected chi connectivity index (χ1v) is 9.05. The van der Waals surface area contributed by atoms with Gasteiger partial charge in [-0.2, -0.15) is 0 Å². The number of methoxy groups -OCH3 is 2. The molecule has 2 aromatic carbocycles. The first kappa shape index (κ1) is 20.2. The van der Waals surface area contributed by atoms with Gasteiger partial charge < -0.3 is 24.4 Å². The average Bonchev–Trinajstić information content (AvgIpc) is 2.85. The Balaban J connectivity index is 1.79. The lowest BCUT2D eigenvalue weighted by Crippen LogP contribution is -2.41. The van der Waals surface area contributed by atoms with Crippen molar-refractivity contribution in [2.24, 2.45) is 0 Å². The molecule has 3 rings (SSSR count). The van der Waals surface area contributed by atoms with Crippen molar-refractivity contribution in [1.82, 2.24) is 0 Å². The molecule has 0 aromatic heterocycles. The first-order chi connectivity index (χ1) is 14.0. The maximum Gasteiger partial charge on any atom is 0.342 e. The standard InChI is InChI=1S/C21H22N2O6/c1-13-11-18(24)22-15-8-4-5-9-16(15)23(13)19(25)12-29-21(26)14-7-6-10-17(27-2)20(14)28-3/h4-10,13H,11-12H2,1-3H3,(H,22,24)/t13-/m1/s1. The van der Waals surface area contributed by atoms with E-state index in [2.05, 4.69) is 5.32 Å². The van der Waals surface area contributed by atoms with Crippen LogP contribution in [0.15, 0.2) is 42.5 Å². The Morgan fingerprint density at radius 3 is 2.59 bits per heavy atom. The van der Waals surface area contributed by atoms with Crippen molar-refractivity contribution >= 4 is 29.2 Å². The molecule has 0 unspecified atom stereocenters. The van der Waals surface area contributed by atoms with Crippen LogP contribution in [-0.4, -0.2) is 44.7 Å². The number of carbonyl (C=O) groups is 3. The quantitative estimate of drug-likeness (QED) is 0.778. The lowest BCUT2D eigenvalue weighted by Gasteiger charge is -2.27. The van der Waals surface area contributed by atoms with Gasteiger partial charge in [0.2, 0.25) is 5.91 Å². The Hall–Kier alpha value is -3.55. The van der Waals surface area contributed by atoms with Crippen LogP contribution >= 0.6 is 0 Å². The number of anilines is 2. The van der Waals surface area contributed by atoms with Crippen LogP contribution in [-0.2, 0) is 14.3 Å². The van der Waals surface area contributed by atoms with Gasteiger partial charge in [-0.05, 0) is 31.2 Å². The number of rotatable bonds is 5. The van der Waals surface area contributed by atoms with Gasteiger partial charge in [0.05, 0.1) is 25.6 Å². The summed E-state index contributed by atoms with van der Waals surface area (Å²) in [7, 11) is 2.88. The highest BCUT2D eigenvalue weighted by Gasteiger charge is 2.30. The minimum Gasteiger partial charge on any atom is -0.493 e. The molecule has 2 aromatic rings. The smallest absolute Gasteiger partial charge is 0.342 e. The molecular weight excluding hydrogens is 376 g/mol. The molecule has 1 heterocycles. The summed E-state index contributed by atoms with van der Waals surface area (Å²) in [5, 5.41) is 2.79. The largest absolute Gasteiger partial charge is 0.493 e. The predicted octanol–water partition coefficient (Wildman–Crippen LogP) is 2.62. The molecule has 0 aliphatic carbocycles. The minimum absolute atomic E-state index is 0.137. The maximum absolute atomic E-state index is 12.9. The number of nitrogens with one attached hydrogen (secondary N) is 1. The van der Waals surface area contributed by atoms with E-state index in [9.17, 15) is 14.4 Å². The Morgan fingerprint density at radius 1 is 1.10 bits per heavy atom. The molecule has 1 aliphatic heterocycles. The Morgan fingerprint density at radius 2 is 1.86 bits per heavy atom. The van der Waals surface area contributed by atoms with Crippen molar-refractivity contribution in [3.8, 4) is 11.5 Å². The van der Waals surface area contributed by atoms with Crippen LogP contribution in [0, 0.1) is 0 Å². The Bertz CT molecular complexity index is 943. The number of amides is 2. The fourth-order valence-corrected chi connectivity index (χ4v) is 3.29. The number of para-hydroxylation sites is 3. The van der Waals surface area contributed by atoms with Crippen molar-refractivity contribution in [3.63, 3.8) is 0 Å². The van der Waals surface area contributed by atoms with E-state index in [-0.39, 0.29) is 23.6 Å². The maximum atomic E-state index is 12.9. The average molecular weight is 398 g/mol. The molecule has 0 fully saturated rings. The summed E-state index contributed by atoms with van der Waals surface area (Å²) in [5.74, 6) is -0.710. The van der Waals surface area contributed by atoms with Gasteiger partial charge in [0, 0.05) is 12.5 Å². The second kappa shape index (κ2) is 8.64. The fraction of sp³-hybridized carbons (Fsp3) is 0.286. The number of fused-ring (bicyclic) bond motifs is 1. The van der Waals surface area contributed by atoms with Crippen LogP contribution in [0.2, 0.25) is 0 Å². The third kappa shape index (κ3) is 4.16. The molecule has 0 bridgehead atoms. The van der Waals surface area contributed by atoms with Gasteiger partial charge in [0.1, 0.15) is 5.56 Å². The zero-order valence-electron chi connectivity index (χ0n) is 16.4. The third-order valence-corrected chi connectivity index (χ3v) is 4.58. The van der Waals surface area contributed by atoms with Crippen molar-refractivity contribution in [2.45, 2.75) is 19.4 Å². The summed E-state index contributed by atoms with van der Waals surface area (Å²) in [5.41, 5.74) is 1.25. The Kier molecular flexibility index (Phi) is 6.01. The molecule has 29 heavy (non-hydrogen) atoms. The lowest BCUT2D eigenvalue weighted by molar-refractivity contribution is -0.122. The molecule has 8 nitrogen and oxygen atoms in total. The molecule has 0 saturated carbocycles. The SMILES string of the molecule is COc1cccc(C(=O)OCC(=O)N2c3ccccc3NC(=O)C[C@H]2C)c1OC. The van der Waals surface area contributed by atoms with Crippen LogP contribution in [0.1, 0.15) is 23.7 Å². The summed E-state index contributed by atoms with van der Waals surface area (Å²) < 4.78 is 15.7. The Labute approximate surface area is 168 Å². The van der Waals surface area contributed by atoms with E-state index in [4.69, 9.17) is 14.2 Å². The predicted molar refractivity (Wildman–Crippen MR) is 106 cm³/mol. The van der Waals surface area contributed by atoms with Gasteiger partial charge in [-0.15, -0.1) is 0 Å². The molecule has 152 valence electrons. The van der Waals surface area contributed by atoms with Crippen LogP contribution in [0.5, 0.6) is 11.5 Å². The van der Waals surface area contributed by atoms with E-state index in [0.717, 1.165) is 0 Å². The van der Waals surface area contributed by atoms with E-state index in [1.165, 1.54) is 25.2 Å². The monoisotopic (exact) mass is 398 g/mol. The van der Waals surface area contributed by atoms with Gasteiger partial charge in [0.15, 0.2) is 18.1 Å². The molecule has 8 heteroatoms. The molecule has 1 N–H and O–H groups in total. The van der Waals surface area contributed by atoms with E-state index in [1.807, 2.05) is 0 Å². The third-order valence-electron chi connectivity index (χ3n) is 4.58. The molecule has 2 amide bonds. The molecule has 0 saturated heterocycles. The van der Waals surface area contributed by atoms with E-state index in [1.54, 1.807) is 43.3 Å². The molecule has 0 radical (unpaired) electrons. The highest BCUT2D eigenvalue weighted by Crippen LogP contribution is 2.32. The summed E-state index contributed by atoms with van der Waals surface area (Å²) in [4.78, 5) is 39.0. The topological polar surface area (TPSA) is 94.2 Å². The zero-order chi connectivity index (χ0) is 21.0. The second-order valence-corrected chi connectivity index (χ2v) is 6.50. The van der Waals surface area contributed by atoms with E-state index < -0.39 is 24.5 Å². The summed E-state index contributed by atoms with van der Waals surface area (Å²) >= 11 is 0. The van der Waals surface area contributed by atoms with Crippen LogP contribution < -0.4 is 19.7 Å². The summed E-state index contributed by atoms with van der Waals surface area (Å²) in [6.45, 7) is 1.29. The first-order valence-electron chi connectivity index (χ1n) is 9.05. The second-order valence-electron chi connectivity index (χ2n) is 6.50. The van der Waals surface area contributed by atoms with Gasteiger partial charge in [0.25, 0.3) is 5.91 Å². The molecule has 0 spiro atoms. The van der Waals surface area contributed by atoms with Crippen LogP contribution in [0.4, 0.5) is 11.4 Å². The van der Waals surface area contributed by atoms with Gasteiger partial charge in [-0.3, -0.25) is 9.59 Å². The van der Waals surface area contributed by atoms with Gasteiger partial charge in [-0.1, -0.05) is 18.2 Å². The van der Waals surface area contributed by atoms with Gasteiger partial charge in [-0.25, -0.2) is 4.79 Å². The minimum atomic E-state index is -0.709. The van der Waals surface area contributed by atoms with Gasteiger partial charge >= 0.3 is 5.97 Å². The van der Waals surface area contributed by atoms with E-state index >= 15 is 0 Å². The number of esters is 1. The number of carbonyl (C=O) groups excluding carboxylic acids is 3. The lowest BCUT2D eigenvalue weighted by atomic mass is 10.1. The van der Waals surface area contributed by atoms with Crippen molar-refractivity contribution in [2.75, 3.05) is 31.0 Å². The van der Waals surface area contributed by atoms with Crippen molar-refractivity contribution in [3.05, 3.63) is 48.0 Å². The molecule has 1 aliphatic rings. The molecular formula is C21H22N2O6. The number of ether oxygens (including phenoxy) is 3. The number of nitrogens with zero attached hydrogens (tertiary/aromatic N) is 1. The van der Waals surface area contributed by atoms with Crippen molar-refractivity contribution in [1.29, 1.82) is 0 Å². The summed E-state index contributed by atoms with van der Waals surface area (Å²) in [6.07, 6.45) is 0.137. The highest BCUT2D eigenvalue weighted by molar-refractivity contribution is 6.05. The fourth-order valence-electron chi connectivity index (χ4n) is 3.29.